The van der Waals surface area contributed by atoms with E-state index in [1.807, 2.05) is 0 Å². The highest BCUT2D eigenvalue weighted by Gasteiger charge is 2.53. The molecule has 174 valence electrons. The number of ether oxygens (including phenoxy) is 2. The van der Waals surface area contributed by atoms with Crippen LogP contribution in [0.5, 0.6) is 11.5 Å². The molecule has 9 nitrogen and oxygen atoms in total. The third-order valence-corrected chi connectivity index (χ3v) is 5.97. The number of hydrogen-bond acceptors (Lipinski definition) is 6. The van der Waals surface area contributed by atoms with Crippen molar-refractivity contribution in [2.75, 3.05) is 25.1 Å². The number of likely N-dealkylation sites (tertiary alicyclic amines) is 1. The van der Waals surface area contributed by atoms with Gasteiger partial charge in [0.05, 0.1) is 19.2 Å². The van der Waals surface area contributed by atoms with Crippen molar-refractivity contribution in [2.24, 2.45) is 0 Å². The summed E-state index contributed by atoms with van der Waals surface area (Å²) in [4.78, 5) is 51.9. The van der Waals surface area contributed by atoms with Gasteiger partial charge >= 0.3 is 18.0 Å². The van der Waals surface area contributed by atoms with E-state index in [1.54, 1.807) is 43.3 Å². The molecule has 0 radical (unpaired) electrons. The van der Waals surface area contributed by atoms with Crippen molar-refractivity contribution >= 4 is 29.6 Å². The lowest BCUT2D eigenvalue weighted by atomic mass is 10.1. The van der Waals surface area contributed by atoms with Crippen LogP contribution >= 0.6 is 0 Å². The summed E-state index contributed by atoms with van der Waals surface area (Å²) < 4.78 is 9.62. The van der Waals surface area contributed by atoms with Gasteiger partial charge in [-0.25, -0.2) is 4.79 Å². The van der Waals surface area contributed by atoms with E-state index in [1.165, 1.54) is 31.1 Å². The first-order chi connectivity index (χ1) is 15.7. The number of quaternary nitrogens is 1. The summed E-state index contributed by atoms with van der Waals surface area (Å²) in [7, 11) is 1.51. The van der Waals surface area contributed by atoms with Gasteiger partial charge in [0.15, 0.2) is 0 Å². The highest BCUT2D eigenvalue weighted by atomic mass is 16.5. The molecule has 0 aromatic heterocycles. The number of amides is 3. The summed E-state index contributed by atoms with van der Waals surface area (Å²) in [6.07, 6.45) is -0.0261. The predicted octanol–water partition coefficient (Wildman–Crippen LogP) is 3.47. The lowest BCUT2D eigenvalue weighted by Crippen LogP contribution is -2.61. The number of carbonyl (C=O) groups is 4. The summed E-state index contributed by atoms with van der Waals surface area (Å²) >= 11 is 0. The van der Waals surface area contributed by atoms with Crippen LogP contribution in [0.2, 0.25) is 0 Å². The molecule has 1 fully saturated rings. The van der Waals surface area contributed by atoms with Gasteiger partial charge in [-0.05, 0) is 43.3 Å². The van der Waals surface area contributed by atoms with Gasteiger partial charge in [0.25, 0.3) is 5.91 Å². The Hall–Kier alpha value is -3.72. The van der Waals surface area contributed by atoms with Gasteiger partial charge in [-0.1, -0.05) is 12.1 Å². The van der Waals surface area contributed by atoms with E-state index in [0.29, 0.717) is 24.3 Å². The fourth-order valence-corrected chi connectivity index (χ4v) is 4.17. The van der Waals surface area contributed by atoms with Crippen molar-refractivity contribution < 1.29 is 38.2 Å². The van der Waals surface area contributed by atoms with Gasteiger partial charge in [0.1, 0.15) is 24.1 Å². The third-order valence-electron chi connectivity index (χ3n) is 5.97. The topological polar surface area (TPSA) is 110 Å². The minimum atomic E-state index is -1.23. The molecule has 1 saturated heterocycles. The Bertz CT molecular complexity index is 1070. The predicted molar refractivity (Wildman–Crippen MR) is 119 cm³/mol. The van der Waals surface area contributed by atoms with Crippen molar-refractivity contribution in [1.82, 2.24) is 0 Å². The number of nitrogens with zero attached hydrogens (tertiary/aromatic N) is 2. The quantitative estimate of drug-likeness (QED) is 0.403. The van der Waals surface area contributed by atoms with Crippen molar-refractivity contribution in [2.45, 2.75) is 32.7 Å². The monoisotopic (exact) mass is 455 g/mol. The fraction of sp³-hybridized carbons (Fsp3) is 0.333. The van der Waals surface area contributed by atoms with Crippen LogP contribution in [0.15, 0.2) is 48.5 Å². The van der Waals surface area contributed by atoms with Gasteiger partial charge in [-0.15, -0.1) is 0 Å². The number of imide groups is 1. The number of hydrogen-bond donors (Lipinski definition) is 1. The molecule has 2 atom stereocenters. The molecule has 0 aliphatic carbocycles. The molecule has 0 saturated carbocycles. The molecule has 9 heteroatoms. The van der Waals surface area contributed by atoms with Crippen LogP contribution in [-0.4, -0.2) is 59.7 Å². The Balaban J connectivity index is 2.04. The SMILES string of the molecule is COc1ccc(N(CC(=O)[N+]2(C(=O)O)CCC[C@H]2C)C(=O)c2ccccc2OC(C)=O)cc1. The fourth-order valence-electron chi connectivity index (χ4n) is 4.17. The van der Waals surface area contributed by atoms with E-state index >= 15 is 0 Å². The molecule has 0 spiro atoms. The van der Waals surface area contributed by atoms with Crippen LogP contribution in [0.3, 0.4) is 0 Å². The zero-order chi connectivity index (χ0) is 24.2. The lowest BCUT2D eigenvalue weighted by Gasteiger charge is -2.32. The Morgan fingerprint density at radius 2 is 1.76 bits per heavy atom. The first kappa shape index (κ1) is 23.9. The number of carboxylic acid groups (broad SMARTS) is 1. The second kappa shape index (κ2) is 9.83. The van der Waals surface area contributed by atoms with E-state index < -0.39 is 40.9 Å². The van der Waals surface area contributed by atoms with E-state index in [9.17, 15) is 24.3 Å². The molecule has 3 rings (SSSR count). The van der Waals surface area contributed by atoms with Gasteiger partial charge in [-0.2, -0.15) is 9.28 Å². The Labute approximate surface area is 191 Å². The van der Waals surface area contributed by atoms with Crippen LogP contribution in [0.1, 0.15) is 37.0 Å². The Morgan fingerprint density at radius 3 is 2.30 bits per heavy atom. The maximum absolute atomic E-state index is 13.6. The van der Waals surface area contributed by atoms with Crippen molar-refractivity contribution in [1.29, 1.82) is 0 Å². The number of esters is 1. The average Bonchev–Trinajstić information content (AvgIpc) is 3.19. The number of rotatable bonds is 6. The molecule has 33 heavy (non-hydrogen) atoms. The molecule has 1 N–H and O–H groups in total. The van der Waals surface area contributed by atoms with E-state index in [4.69, 9.17) is 9.47 Å². The zero-order valence-electron chi connectivity index (χ0n) is 18.8. The van der Waals surface area contributed by atoms with Crippen molar-refractivity contribution in [3.05, 3.63) is 54.1 Å². The molecule has 3 amide bonds. The largest absolute Gasteiger partial charge is 0.521 e. The molecule has 1 heterocycles. The zero-order valence-corrected chi connectivity index (χ0v) is 18.8. The molecule has 0 bridgehead atoms. The highest BCUT2D eigenvalue weighted by Crippen LogP contribution is 2.30. The third kappa shape index (κ3) is 4.73. The summed E-state index contributed by atoms with van der Waals surface area (Å²) in [6.45, 7) is 2.66. The summed E-state index contributed by atoms with van der Waals surface area (Å²) in [6, 6.07) is 12.3. The first-order valence-electron chi connectivity index (χ1n) is 10.6. The number of methoxy groups -OCH3 is 1. The summed E-state index contributed by atoms with van der Waals surface area (Å²) in [5.41, 5.74) is 0.454. The second-order valence-electron chi connectivity index (χ2n) is 7.94. The number of anilines is 1. The van der Waals surface area contributed by atoms with Crippen molar-refractivity contribution in [3.63, 3.8) is 0 Å². The molecular formula is C24H27N2O7+. The first-order valence-corrected chi connectivity index (χ1v) is 10.6. The van der Waals surface area contributed by atoms with Crippen LogP contribution in [0.25, 0.3) is 0 Å². The molecule has 1 unspecified atom stereocenters. The van der Waals surface area contributed by atoms with Gasteiger partial charge in [0.2, 0.25) is 0 Å². The van der Waals surface area contributed by atoms with Gasteiger partial charge in [0, 0.05) is 25.5 Å². The van der Waals surface area contributed by atoms with Gasteiger partial charge < -0.3 is 14.6 Å². The normalized spacial score (nSPS) is 19.5. The molecule has 1 aliphatic rings. The molecular weight excluding hydrogens is 428 g/mol. The number of carbonyl (C=O) groups excluding carboxylic acids is 3. The minimum Gasteiger partial charge on any atom is -0.497 e. The van der Waals surface area contributed by atoms with Crippen molar-refractivity contribution in [3.8, 4) is 11.5 Å². The number of para-hydroxylation sites is 1. The van der Waals surface area contributed by atoms with E-state index in [0.717, 1.165) is 0 Å². The van der Waals surface area contributed by atoms with Crippen LogP contribution in [-0.2, 0) is 9.59 Å². The van der Waals surface area contributed by atoms with Crippen LogP contribution in [0.4, 0.5) is 10.5 Å². The van der Waals surface area contributed by atoms with Crippen LogP contribution < -0.4 is 14.4 Å². The maximum Gasteiger partial charge on any atom is 0.521 e. The van der Waals surface area contributed by atoms with Gasteiger partial charge in [-0.3, -0.25) is 14.5 Å². The summed E-state index contributed by atoms with van der Waals surface area (Å²) in [5, 5.41) is 9.93. The highest BCUT2D eigenvalue weighted by molar-refractivity contribution is 6.10. The molecule has 2 aromatic carbocycles. The smallest absolute Gasteiger partial charge is 0.497 e. The standard InChI is InChI=1S/C24H26N2O7/c1-16-7-6-14-26(16,24(30)31)22(28)15-25(18-10-12-19(32-3)13-11-18)23(29)20-8-4-5-9-21(20)33-17(2)27/h4-5,8-13,16H,6-7,14-15H2,1-3H3/p+1/t16-,26?/m1/s1. The van der Waals surface area contributed by atoms with E-state index in [-0.39, 0.29) is 17.9 Å². The van der Waals surface area contributed by atoms with Crippen LogP contribution in [0, 0.1) is 0 Å². The second-order valence-corrected chi connectivity index (χ2v) is 7.94. The maximum atomic E-state index is 13.6. The Kier molecular flexibility index (Phi) is 7.13. The number of benzene rings is 2. The summed E-state index contributed by atoms with van der Waals surface area (Å²) in [5.74, 6) is -1.18. The average molecular weight is 455 g/mol. The molecule has 1 aliphatic heterocycles. The lowest BCUT2D eigenvalue weighted by molar-refractivity contribution is -0.791. The Morgan fingerprint density at radius 1 is 1.09 bits per heavy atom. The van der Waals surface area contributed by atoms with E-state index in [2.05, 4.69) is 0 Å². The minimum absolute atomic E-state index is 0.0534. The molecule has 2 aromatic rings.